The molecule has 2 aromatic heterocycles. The van der Waals surface area contributed by atoms with Gasteiger partial charge in [-0.05, 0) is 41.4 Å². The molecule has 5 nitrogen and oxygen atoms in total. The molecular weight excluding hydrogens is 310 g/mol. The quantitative estimate of drug-likeness (QED) is 0.891. The number of anilines is 1. The van der Waals surface area contributed by atoms with E-state index in [1.54, 1.807) is 19.2 Å². The first kappa shape index (κ1) is 13.5. The van der Waals surface area contributed by atoms with E-state index in [4.69, 9.17) is 0 Å². The van der Waals surface area contributed by atoms with E-state index < -0.39 is 5.91 Å². The van der Waals surface area contributed by atoms with Crippen molar-refractivity contribution in [2.75, 3.05) is 5.32 Å². The fraction of sp³-hybridized carbons (Fsp3) is 0.154. The van der Waals surface area contributed by atoms with Gasteiger partial charge in [0.2, 0.25) is 0 Å². The van der Waals surface area contributed by atoms with Crippen LogP contribution in [0.5, 0.6) is 0 Å². The number of hydrogen-bond donors (Lipinski definition) is 2. The predicted molar refractivity (Wildman–Crippen MR) is 76.4 cm³/mol. The maximum atomic E-state index is 12.0. The third-order valence-electron chi connectivity index (χ3n) is 2.59. The molecule has 0 unspecified atom stereocenters. The van der Waals surface area contributed by atoms with Crippen molar-refractivity contribution >= 4 is 27.7 Å². The Balaban J connectivity index is 2.25. The van der Waals surface area contributed by atoms with Crippen LogP contribution in [0.4, 0.5) is 5.82 Å². The molecule has 0 saturated carbocycles. The summed E-state index contributed by atoms with van der Waals surface area (Å²) in [5.74, 6) is -0.0684. The van der Waals surface area contributed by atoms with Gasteiger partial charge in [-0.3, -0.25) is 9.59 Å². The second-order valence-corrected chi connectivity index (χ2v) is 5.02. The molecule has 0 aliphatic heterocycles. The summed E-state index contributed by atoms with van der Waals surface area (Å²) >= 11 is 3.33. The maximum absolute atomic E-state index is 12.0. The highest BCUT2D eigenvalue weighted by Crippen LogP contribution is 2.17. The highest BCUT2D eigenvalue weighted by atomic mass is 79.9. The SMILES string of the molecule is Cc1cc(=O)c(C(=O)Nc2cc(C)c(Br)cn2)c[nH]1. The Labute approximate surface area is 118 Å². The lowest BCUT2D eigenvalue weighted by Crippen LogP contribution is -2.22. The fourth-order valence-electron chi connectivity index (χ4n) is 1.54. The van der Waals surface area contributed by atoms with Gasteiger partial charge in [-0.1, -0.05) is 0 Å². The van der Waals surface area contributed by atoms with Crippen LogP contribution in [0, 0.1) is 13.8 Å². The number of aromatic amines is 1. The summed E-state index contributed by atoms with van der Waals surface area (Å²) in [6.45, 7) is 3.64. The van der Waals surface area contributed by atoms with Gasteiger partial charge >= 0.3 is 0 Å². The van der Waals surface area contributed by atoms with E-state index in [1.165, 1.54) is 12.3 Å². The van der Waals surface area contributed by atoms with Gasteiger partial charge in [-0.25, -0.2) is 4.98 Å². The molecule has 2 rings (SSSR count). The topological polar surface area (TPSA) is 74.8 Å². The van der Waals surface area contributed by atoms with Crippen LogP contribution in [0.3, 0.4) is 0 Å². The second-order valence-electron chi connectivity index (χ2n) is 4.17. The average molecular weight is 322 g/mol. The number of H-pyrrole nitrogens is 1. The van der Waals surface area contributed by atoms with E-state index in [-0.39, 0.29) is 11.0 Å². The van der Waals surface area contributed by atoms with Crippen LogP contribution in [0.25, 0.3) is 0 Å². The first-order chi connectivity index (χ1) is 8.97. The molecule has 0 fully saturated rings. The number of nitrogens with one attached hydrogen (secondary N) is 2. The minimum atomic E-state index is -0.476. The van der Waals surface area contributed by atoms with Gasteiger partial charge in [0.1, 0.15) is 11.4 Å². The number of amides is 1. The van der Waals surface area contributed by atoms with E-state index in [2.05, 4.69) is 31.2 Å². The minimum Gasteiger partial charge on any atom is -0.364 e. The Bertz CT molecular complexity index is 695. The summed E-state index contributed by atoms with van der Waals surface area (Å²) in [7, 11) is 0. The normalized spacial score (nSPS) is 10.3. The lowest BCUT2D eigenvalue weighted by Gasteiger charge is -2.06. The minimum absolute atomic E-state index is 0.0629. The molecule has 0 saturated heterocycles. The van der Waals surface area contributed by atoms with Crippen molar-refractivity contribution in [3.63, 3.8) is 0 Å². The summed E-state index contributed by atoms with van der Waals surface area (Å²) in [6, 6.07) is 3.11. The Kier molecular flexibility index (Phi) is 3.80. The van der Waals surface area contributed by atoms with E-state index >= 15 is 0 Å². The van der Waals surface area contributed by atoms with Crippen LogP contribution in [0.15, 0.2) is 33.8 Å². The van der Waals surface area contributed by atoms with Gasteiger partial charge in [0, 0.05) is 28.6 Å². The number of pyridine rings is 2. The van der Waals surface area contributed by atoms with Crippen LogP contribution in [0.1, 0.15) is 21.6 Å². The molecule has 19 heavy (non-hydrogen) atoms. The van der Waals surface area contributed by atoms with Gasteiger partial charge in [0.25, 0.3) is 5.91 Å². The Morgan fingerprint density at radius 2 is 2.11 bits per heavy atom. The standard InChI is InChI=1S/C13H12BrN3O2/c1-7-3-12(16-6-10(7)14)17-13(19)9-5-15-8(2)4-11(9)18/h3-6H,1-2H3,(H,15,18)(H,16,17,19). The molecule has 2 N–H and O–H groups in total. The number of rotatable bonds is 2. The Hall–Kier alpha value is -1.95. The van der Waals surface area contributed by atoms with Crippen LogP contribution < -0.4 is 10.7 Å². The van der Waals surface area contributed by atoms with Crippen molar-refractivity contribution in [1.29, 1.82) is 0 Å². The Morgan fingerprint density at radius 3 is 2.74 bits per heavy atom. The first-order valence-electron chi connectivity index (χ1n) is 5.60. The molecule has 1 amide bonds. The van der Waals surface area contributed by atoms with Gasteiger partial charge < -0.3 is 10.3 Å². The van der Waals surface area contributed by atoms with Crippen LogP contribution >= 0.6 is 15.9 Å². The molecule has 0 radical (unpaired) electrons. The van der Waals surface area contributed by atoms with E-state index in [9.17, 15) is 9.59 Å². The lowest BCUT2D eigenvalue weighted by molar-refractivity contribution is 0.102. The smallest absolute Gasteiger partial charge is 0.262 e. The van der Waals surface area contributed by atoms with Crippen molar-refractivity contribution in [2.24, 2.45) is 0 Å². The van der Waals surface area contributed by atoms with Crippen molar-refractivity contribution in [3.8, 4) is 0 Å². The summed E-state index contributed by atoms with van der Waals surface area (Å²) < 4.78 is 0.860. The molecule has 0 aromatic carbocycles. The molecule has 2 heterocycles. The summed E-state index contributed by atoms with van der Waals surface area (Å²) in [4.78, 5) is 30.5. The largest absolute Gasteiger partial charge is 0.364 e. The third kappa shape index (κ3) is 3.08. The molecule has 0 bridgehead atoms. The number of aryl methyl sites for hydroxylation is 2. The highest BCUT2D eigenvalue weighted by Gasteiger charge is 2.11. The average Bonchev–Trinajstić information content (AvgIpc) is 2.33. The number of halogens is 1. The van der Waals surface area contributed by atoms with Crippen LogP contribution in [-0.2, 0) is 0 Å². The predicted octanol–water partition coefficient (Wildman–Crippen LogP) is 2.40. The first-order valence-corrected chi connectivity index (χ1v) is 6.39. The van der Waals surface area contributed by atoms with Crippen LogP contribution in [-0.4, -0.2) is 15.9 Å². The zero-order chi connectivity index (χ0) is 14.0. The number of carbonyl (C=O) groups is 1. The molecular formula is C13H12BrN3O2. The molecule has 2 aromatic rings. The zero-order valence-corrected chi connectivity index (χ0v) is 12.0. The molecule has 0 aliphatic carbocycles. The number of hydrogen-bond acceptors (Lipinski definition) is 3. The van der Waals surface area contributed by atoms with Gasteiger partial charge in [0.15, 0.2) is 5.43 Å². The molecule has 98 valence electrons. The number of carbonyl (C=O) groups excluding carboxylic acids is 1. The number of aromatic nitrogens is 2. The fourth-order valence-corrected chi connectivity index (χ4v) is 1.76. The lowest BCUT2D eigenvalue weighted by atomic mass is 10.2. The summed E-state index contributed by atoms with van der Waals surface area (Å²) in [5, 5.41) is 2.60. The summed E-state index contributed by atoms with van der Waals surface area (Å²) in [6.07, 6.45) is 3.00. The Morgan fingerprint density at radius 1 is 1.37 bits per heavy atom. The van der Waals surface area contributed by atoms with E-state index in [0.717, 1.165) is 10.0 Å². The molecule has 0 aliphatic rings. The second kappa shape index (κ2) is 5.36. The maximum Gasteiger partial charge on any atom is 0.262 e. The number of nitrogens with zero attached hydrogens (tertiary/aromatic N) is 1. The van der Waals surface area contributed by atoms with Crippen LogP contribution in [0.2, 0.25) is 0 Å². The van der Waals surface area contributed by atoms with Gasteiger partial charge in [0.05, 0.1) is 0 Å². The molecule has 6 heteroatoms. The molecule has 0 spiro atoms. The summed E-state index contributed by atoms with van der Waals surface area (Å²) in [5.41, 5.74) is 1.40. The molecule has 0 atom stereocenters. The van der Waals surface area contributed by atoms with Gasteiger partial charge in [-0.2, -0.15) is 0 Å². The highest BCUT2D eigenvalue weighted by molar-refractivity contribution is 9.10. The van der Waals surface area contributed by atoms with Crippen molar-refractivity contribution in [3.05, 3.63) is 56.0 Å². The van der Waals surface area contributed by atoms with E-state index in [1.807, 2.05) is 6.92 Å². The zero-order valence-electron chi connectivity index (χ0n) is 10.5. The van der Waals surface area contributed by atoms with Crippen molar-refractivity contribution in [2.45, 2.75) is 13.8 Å². The van der Waals surface area contributed by atoms with E-state index in [0.29, 0.717) is 11.5 Å². The third-order valence-corrected chi connectivity index (χ3v) is 3.42. The van der Waals surface area contributed by atoms with Crippen molar-refractivity contribution < 1.29 is 4.79 Å². The van der Waals surface area contributed by atoms with Crippen molar-refractivity contribution in [1.82, 2.24) is 9.97 Å². The van der Waals surface area contributed by atoms with Gasteiger partial charge in [-0.15, -0.1) is 0 Å². The monoisotopic (exact) mass is 321 g/mol.